The number of rotatable bonds is 6. The average molecular weight is 422 g/mol. The molecule has 1 aromatic carbocycles. The van der Waals surface area contributed by atoms with E-state index in [1.165, 1.54) is 0 Å². The molecule has 160 valence electrons. The lowest BCUT2D eigenvalue weighted by molar-refractivity contribution is -0.127. The monoisotopic (exact) mass is 421 g/mol. The van der Waals surface area contributed by atoms with Gasteiger partial charge in [0.05, 0.1) is 17.3 Å². The summed E-state index contributed by atoms with van der Waals surface area (Å²) in [5.41, 5.74) is 1.07. The molecule has 0 aliphatic carbocycles. The number of benzene rings is 1. The fourth-order valence-corrected chi connectivity index (χ4v) is 3.90. The van der Waals surface area contributed by atoms with Crippen LogP contribution in [0.25, 0.3) is 0 Å². The van der Waals surface area contributed by atoms with Gasteiger partial charge in [-0.1, -0.05) is 23.7 Å². The Balaban J connectivity index is 1.62. The smallest absolute Gasteiger partial charge is 0.243 e. The zero-order chi connectivity index (χ0) is 20.6. The minimum Gasteiger partial charge on any atom is -0.381 e. The van der Waals surface area contributed by atoms with Crippen molar-refractivity contribution in [2.24, 2.45) is 10.9 Å². The lowest BCUT2D eigenvalue weighted by Crippen LogP contribution is -2.52. The number of piperidine rings is 1. The molecule has 2 aliphatic rings. The molecule has 2 unspecified atom stereocenters. The van der Waals surface area contributed by atoms with Crippen LogP contribution in [0.5, 0.6) is 0 Å². The predicted molar refractivity (Wildman–Crippen MR) is 118 cm³/mol. The van der Waals surface area contributed by atoms with Crippen LogP contribution < -0.4 is 15.5 Å². The summed E-state index contributed by atoms with van der Waals surface area (Å²) in [4.78, 5) is 20.4. The molecule has 2 atom stereocenters. The fraction of sp³-hybridized carbons (Fsp3) is 0.619. The topological polar surface area (TPSA) is 69.2 Å². The van der Waals surface area contributed by atoms with E-state index in [1.54, 1.807) is 19.0 Å². The van der Waals surface area contributed by atoms with Gasteiger partial charge in [0, 0.05) is 52.3 Å². The van der Waals surface area contributed by atoms with Crippen LogP contribution in [0.15, 0.2) is 29.3 Å². The van der Waals surface area contributed by atoms with Crippen LogP contribution in [0.4, 0.5) is 5.69 Å². The number of hydrogen-bond donors (Lipinski definition) is 2. The second-order valence-corrected chi connectivity index (χ2v) is 8.35. The highest BCUT2D eigenvalue weighted by molar-refractivity contribution is 6.33. The SMILES string of the molecule is CN(C)C(=O)CN=C(NCC1CCOC1)NC1CCCN(c2ccccc2Cl)C1. The summed E-state index contributed by atoms with van der Waals surface area (Å²) in [5.74, 6) is 1.16. The molecule has 2 N–H and O–H groups in total. The Hall–Kier alpha value is -1.99. The zero-order valence-corrected chi connectivity index (χ0v) is 18.1. The Labute approximate surface area is 178 Å². The Morgan fingerprint density at radius 1 is 1.34 bits per heavy atom. The molecule has 0 aromatic heterocycles. The number of nitrogens with one attached hydrogen (secondary N) is 2. The van der Waals surface area contributed by atoms with E-state index in [9.17, 15) is 4.79 Å². The molecule has 2 aliphatic heterocycles. The molecule has 29 heavy (non-hydrogen) atoms. The summed E-state index contributed by atoms with van der Waals surface area (Å²) in [5, 5.41) is 7.72. The van der Waals surface area contributed by atoms with E-state index < -0.39 is 0 Å². The van der Waals surface area contributed by atoms with Crippen LogP contribution in [0.1, 0.15) is 19.3 Å². The van der Waals surface area contributed by atoms with Gasteiger partial charge in [0.1, 0.15) is 6.54 Å². The molecule has 3 rings (SSSR count). The largest absolute Gasteiger partial charge is 0.381 e. The highest BCUT2D eigenvalue weighted by atomic mass is 35.5. The predicted octanol–water partition coefficient (Wildman–Crippen LogP) is 1.97. The second kappa shape index (κ2) is 10.7. The van der Waals surface area contributed by atoms with E-state index in [0.29, 0.717) is 11.9 Å². The second-order valence-electron chi connectivity index (χ2n) is 7.94. The number of aliphatic imine (C=N–C) groups is 1. The normalized spacial score (nSPS) is 22.4. The van der Waals surface area contributed by atoms with Crippen LogP contribution in [0, 0.1) is 5.92 Å². The van der Waals surface area contributed by atoms with Crippen LogP contribution in [0.3, 0.4) is 0 Å². The standard InChI is InChI=1S/C21H32ClN5O2/c1-26(2)20(28)13-24-21(23-12-16-9-11-29-15-16)25-17-6-5-10-27(14-17)19-8-4-3-7-18(19)22/h3-4,7-8,16-17H,5-6,9-15H2,1-2H3,(H2,23,24,25). The van der Waals surface area contributed by atoms with Crippen LogP contribution in [-0.4, -0.2) is 76.3 Å². The van der Waals surface area contributed by atoms with Gasteiger partial charge in [-0.15, -0.1) is 0 Å². The van der Waals surface area contributed by atoms with Crippen molar-refractivity contribution < 1.29 is 9.53 Å². The number of hydrogen-bond acceptors (Lipinski definition) is 4. The molecule has 0 bridgehead atoms. The number of carbonyl (C=O) groups is 1. The number of halogens is 1. The number of nitrogens with zero attached hydrogens (tertiary/aromatic N) is 3. The lowest BCUT2D eigenvalue weighted by atomic mass is 10.0. The minimum atomic E-state index is -0.0170. The van der Waals surface area contributed by atoms with Gasteiger partial charge in [-0.05, 0) is 31.4 Å². The number of amides is 1. The number of para-hydroxylation sites is 1. The molecular weight excluding hydrogens is 390 g/mol. The number of likely N-dealkylation sites (N-methyl/N-ethyl adjacent to an activating group) is 1. The highest BCUT2D eigenvalue weighted by Crippen LogP contribution is 2.27. The van der Waals surface area contributed by atoms with Crippen LogP contribution >= 0.6 is 11.6 Å². The molecule has 0 saturated carbocycles. The average Bonchev–Trinajstić information content (AvgIpc) is 3.24. The first-order valence-electron chi connectivity index (χ1n) is 10.3. The van der Waals surface area contributed by atoms with Gasteiger partial charge < -0.3 is 25.2 Å². The first-order valence-corrected chi connectivity index (χ1v) is 10.7. The van der Waals surface area contributed by atoms with Crippen molar-refractivity contribution in [1.82, 2.24) is 15.5 Å². The molecule has 7 nitrogen and oxygen atoms in total. The van der Waals surface area contributed by atoms with E-state index in [1.807, 2.05) is 18.2 Å². The van der Waals surface area contributed by atoms with Crippen molar-refractivity contribution in [3.8, 4) is 0 Å². The van der Waals surface area contributed by atoms with E-state index >= 15 is 0 Å². The van der Waals surface area contributed by atoms with E-state index in [0.717, 1.165) is 62.8 Å². The molecule has 0 radical (unpaired) electrons. The van der Waals surface area contributed by atoms with Crippen molar-refractivity contribution in [3.05, 3.63) is 29.3 Å². The molecule has 0 spiro atoms. The van der Waals surface area contributed by atoms with Crippen molar-refractivity contribution in [3.63, 3.8) is 0 Å². The Kier molecular flexibility index (Phi) is 8.00. The third-order valence-electron chi connectivity index (χ3n) is 5.41. The van der Waals surface area contributed by atoms with Gasteiger partial charge in [0.25, 0.3) is 0 Å². The summed E-state index contributed by atoms with van der Waals surface area (Å²) in [6.07, 6.45) is 3.18. The molecule has 2 saturated heterocycles. The maximum atomic E-state index is 12.0. The molecule has 1 aromatic rings. The van der Waals surface area contributed by atoms with E-state index in [4.69, 9.17) is 16.3 Å². The molecular formula is C21H32ClN5O2. The van der Waals surface area contributed by atoms with Gasteiger partial charge >= 0.3 is 0 Å². The zero-order valence-electron chi connectivity index (χ0n) is 17.4. The van der Waals surface area contributed by atoms with Crippen molar-refractivity contribution >= 4 is 29.2 Å². The van der Waals surface area contributed by atoms with Gasteiger partial charge in [-0.3, -0.25) is 4.79 Å². The number of guanidine groups is 1. The molecule has 2 heterocycles. The number of anilines is 1. The fourth-order valence-electron chi connectivity index (χ4n) is 3.64. The molecule has 1 amide bonds. The number of ether oxygens (including phenoxy) is 1. The van der Waals surface area contributed by atoms with Crippen molar-refractivity contribution in [2.75, 3.05) is 58.4 Å². The summed E-state index contributed by atoms with van der Waals surface area (Å²) >= 11 is 6.40. The Morgan fingerprint density at radius 3 is 2.90 bits per heavy atom. The maximum Gasteiger partial charge on any atom is 0.243 e. The summed E-state index contributed by atoms with van der Waals surface area (Å²) in [6.45, 7) is 4.35. The van der Waals surface area contributed by atoms with Gasteiger partial charge in [0.2, 0.25) is 5.91 Å². The summed E-state index contributed by atoms with van der Waals surface area (Å²) < 4.78 is 5.46. The quantitative estimate of drug-likeness (QED) is 0.543. The van der Waals surface area contributed by atoms with Crippen LogP contribution in [0.2, 0.25) is 5.02 Å². The highest BCUT2D eigenvalue weighted by Gasteiger charge is 2.23. The van der Waals surface area contributed by atoms with Gasteiger partial charge in [-0.25, -0.2) is 4.99 Å². The number of carbonyl (C=O) groups excluding carboxylic acids is 1. The maximum absolute atomic E-state index is 12.0. The first kappa shape index (κ1) is 21.7. The Bertz CT molecular complexity index is 706. The van der Waals surface area contributed by atoms with Crippen molar-refractivity contribution in [2.45, 2.75) is 25.3 Å². The first-order chi connectivity index (χ1) is 14.0. The van der Waals surface area contributed by atoms with E-state index in [-0.39, 0.29) is 18.5 Å². The molecule has 8 heteroatoms. The van der Waals surface area contributed by atoms with E-state index in [2.05, 4.69) is 26.6 Å². The summed E-state index contributed by atoms with van der Waals surface area (Å²) in [7, 11) is 3.49. The molecule has 2 fully saturated rings. The summed E-state index contributed by atoms with van der Waals surface area (Å²) in [6, 6.07) is 8.20. The van der Waals surface area contributed by atoms with Gasteiger partial charge in [0.15, 0.2) is 5.96 Å². The van der Waals surface area contributed by atoms with Crippen LogP contribution in [-0.2, 0) is 9.53 Å². The third kappa shape index (κ3) is 6.51. The lowest BCUT2D eigenvalue weighted by Gasteiger charge is -2.36. The van der Waals surface area contributed by atoms with Gasteiger partial charge in [-0.2, -0.15) is 0 Å². The Morgan fingerprint density at radius 2 is 2.17 bits per heavy atom. The minimum absolute atomic E-state index is 0.0170. The third-order valence-corrected chi connectivity index (χ3v) is 5.73. The van der Waals surface area contributed by atoms with Crippen molar-refractivity contribution in [1.29, 1.82) is 0 Å².